The summed E-state index contributed by atoms with van der Waals surface area (Å²) in [6.45, 7) is 0. The summed E-state index contributed by atoms with van der Waals surface area (Å²) in [5.41, 5.74) is 1.33. The van der Waals surface area contributed by atoms with Crippen LogP contribution in [0.4, 0.5) is 0 Å². The molecular formula is C11H11NOS. The van der Waals surface area contributed by atoms with E-state index in [1.54, 1.807) is 11.3 Å². The van der Waals surface area contributed by atoms with Crippen LogP contribution >= 0.6 is 11.3 Å². The fourth-order valence-corrected chi connectivity index (χ4v) is 3.19. The molecular weight excluding hydrogens is 194 g/mol. The van der Waals surface area contributed by atoms with Gasteiger partial charge in [0, 0.05) is 23.9 Å². The van der Waals surface area contributed by atoms with Crippen molar-refractivity contribution in [3.8, 4) is 0 Å². The Morgan fingerprint density at radius 1 is 1.43 bits per heavy atom. The van der Waals surface area contributed by atoms with Gasteiger partial charge in [-0.2, -0.15) is 0 Å². The monoisotopic (exact) mass is 205 g/mol. The van der Waals surface area contributed by atoms with Gasteiger partial charge in [-0.25, -0.2) is 4.98 Å². The van der Waals surface area contributed by atoms with E-state index in [1.165, 1.54) is 12.0 Å². The largest absolute Gasteiger partial charge is 0.299 e. The second-order valence-electron chi connectivity index (χ2n) is 4.01. The van der Waals surface area contributed by atoms with Crippen molar-refractivity contribution in [3.63, 3.8) is 0 Å². The van der Waals surface area contributed by atoms with Crippen LogP contribution < -0.4 is 0 Å². The molecule has 0 amide bonds. The first-order valence-corrected chi connectivity index (χ1v) is 5.87. The molecule has 0 spiro atoms. The number of hydrogen-bond acceptors (Lipinski definition) is 3. The summed E-state index contributed by atoms with van der Waals surface area (Å²) < 4.78 is 0. The summed E-state index contributed by atoms with van der Waals surface area (Å²) in [6, 6.07) is 0. The summed E-state index contributed by atoms with van der Waals surface area (Å²) in [4.78, 5) is 15.8. The minimum Gasteiger partial charge on any atom is -0.299 e. The van der Waals surface area contributed by atoms with Crippen molar-refractivity contribution in [1.29, 1.82) is 0 Å². The zero-order chi connectivity index (χ0) is 9.54. The summed E-state index contributed by atoms with van der Waals surface area (Å²) >= 11 is 1.68. The van der Waals surface area contributed by atoms with Gasteiger partial charge in [0.2, 0.25) is 0 Å². The van der Waals surface area contributed by atoms with Gasteiger partial charge in [0.05, 0.1) is 0 Å². The topological polar surface area (TPSA) is 30.0 Å². The number of Topliss-reactive ketones (excluding diaryl/α,β-unsaturated/α-hetero) is 1. The Balaban J connectivity index is 2.02. The number of carbonyl (C=O) groups excluding carboxylic acids is 1. The molecule has 1 heterocycles. The Morgan fingerprint density at radius 3 is 2.93 bits per heavy atom. The summed E-state index contributed by atoms with van der Waals surface area (Å²) in [5, 5.41) is 3.12. The molecule has 4 rings (SSSR count). The van der Waals surface area contributed by atoms with Crippen LogP contribution in [-0.4, -0.2) is 10.8 Å². The molecule has 3 heteroatoms. The first kappa shape index (κ1) is 8.36. The third-order valence-corrected chi connectivity index (χ3v) is 4.01. The van der Waals surface area contributed by atoms with Gasteiger partial charge < -0.3 is 0 Å². The predicted octanol–water partition coefficient (Wildman–Crippen LogP) is 2.53. The van der Waals surface area contributed by atoms with Gasteiger partial charge in [0.15, 0.2) is 0 Å². The van der Waals surface area contributed by atoms with Gasteiger partial charge >= 0.3 is 0 Å². The Labute approximate surface area is 86.7 Å². The van der Waals surface area contributed by atoms with Crippen molar-refractivity contribution in [2.45, 2.75) is 19.3 Å². The van der Waals surface area contributed by atoms with Crippen LogP contribution in [0.2, 0.25) is 0 Å². The van der Waals surface area contributed by atoms with E-state index < -0.39 is 0 Å². The van der Waals surface area contributed by atoms with E-state index >= 15 is 0 Å². The molecule has 3 aliphatic rings. The quantitative estimate of drug-likeness (QED) is 0.705. The Kier molecular flexibility index (Phi) is 1.80. The second-order valence-corrected chi connectivity index (χ2v) is 4.91. The molecule has 1 aromatic heterocycles. The highest BCUT2D eigenvalue weighted by Gasteiger charge is 2.35. The molecule has 0 aliphatic heterocycles. The van der Waals surface area contributed by atoms with Crippen molar-refractivity contribution in [3.05, 3.63) is 22.7 Å². The number of allylic oxidation sites excluding steroid dienone is 2. The summed E-state index contributed by atoms with van der Waals surface area (Å²) in [7, 11) is 0. The van der Waals surface area contributed by atoms with E-state index in [2.05, 4.69) is 11.1 Å². The van der Waals surface area contributed by atoms with Crippen LogP contribution in [0.3, 0.4) is 0 Å². The molecule has 0 unspecified atom stereocenters. The van der Waals surface area contributed by atoms with Crippen LogP contribution in [0.25, 0.3) is 5.57 Å². The van der Waals surface area contributed by atoms with Crippen molar-refractivity contribution in [2.24, 2.45) is 11.8 Å². The maximum absolute atomic E-state index is 11.5. The van der Waals surface area contributed by atoms with E-state index in [4.69, 9.17) is 0 Å². The lowest BCUT2D eigenvalue weighted by atomic mass is 9.71. The molecule has 2 nitrogen and oxygen atoms in total. The molecule has 0 aromatic carbocycles. The van der Waals surface area contributed by atoms with Crippen molar-refractivity contribution in [1.82, 2.24) is 4.98 Å². The van der Waals surface area contributed by atoms with Crippen LogP contribution in [0.15, 0.2) is 17.7 Å². The van der Waals surface area contributed by atoms with E-state index in [0.29, 0.717) is 11.7 Å². The van der Waals surface area contributed by atoms with Crippen molar-refractivity contribution in [2.75, 3.05) is 0 Å². The molecule has 2 atom stereocenters. The molecule has 14 heavy (non-hydrogen) atoms. The number of hydrogen-bond donors (Lipinski definition) is 0. The number of nitrogens with zero attached hydrogens (tertiary/aromatic N) is 1. The molecule has 3 aliphatic carbocycles. The molecule has 0 radical (unpaired) electrons. The number of rotatable bonds is 1. The first-order valence-electron chi connectivity index (χ1n) is 4.99. The Morgan fingerprint density at radius 2 is 2.36 bits per heavy atom. The minimum atomic E-state index is 0.193. The minimum absolute atomic E-state index is 0.193. The lowest BCUT2D eigenvalue weighted by Gasteiger charge is -2.33. The zero-order valence-electron chi connectivity index (χ0n) is 7.77. The van der Waals surface area contributed by atoms with Crippen LogP contribution in [-0.2, 0) is 4.79 Å². The van der Waals surface area contributed by atoms with E-state index in [0.717, 1.165) is 17.8 Å². The molecule has 1 fully saturated rings. The zero-order valence-corrected chi connectivity index (χ0v) is 8.59. The molecule has 0 saturated heterocycles. The van der Waals surface area contributed by atoms with Crippen LogP contribution in [0.1, 0.15) is 24.3 Å². The fraction of sp³-hybridized carbons (Fsp3) is 0.455. The lowest BCUT2D eigenvalue weighted by Crippen LogP contribution is -2.29. The average molecular weight is 205 g/mol. The number of ketones is 1. The Hall–Kier alpha value is -0.960. The smallest absolute Gasteiger partial charge is 0.140 e. The van der Waals surface area contributed by atoms with E-state index in [1.807, 2.05) is 11.6 Å². The number of carbonyl (C=O) groups is 1. The Bertz CT molecular complexity index is 393. The third-order valence-electron chi connectivity index (χ3n) is 3.19. The third kappa shape index (κ3) is 1.16. The van der Waals surface area contributed by atoms with Gasteiger partial charge in [0.25, 0.3) is 0 Å². The molecule has 2 bridgehead atoms. The number of fused-ring (bicyclic) bond motifs is 2. The lowest BCUT2D eigenvalue weighted by molar-refractivity contribution is -0.124. The van der Waals surface area contributed by atoms with Gasteiger partial charge in [-0.3, -0.25) is 4.79 Å². The highest BCUT2D eigenvalue weighted by atomic mass is 32.1. The highest BCUT2D eigenvalue weighted by Crippen LogP contribution is 2.43. The predicted molar refractivity (Wildman–Crippen MR) is 55.9 cm³/mol. The molecule has 0 N–H and O–H groups in total. The molecule has 72 valence electrons. The van der Waals surface area contributed by atoms with E-state index in [9.17, 15) is 4.79 Å². The molecule has 1 aromatic rings. The van der Waals surface area contributed by atoms with Gasteiger partial charge in [-0.15, -0.1) is 11.3 Å². The maximum Gasteiger partial charge on any atom is 0.140 e. The fourth-order valence-electron chi connectivity index (χ4n) is 2.44. The molecule has 1 saturated carbocycles. The maximum atomic E-state index is 11.5. The van der Waals surface area contributed by atoms with Gasteiger partial charge in [-0.05, 0) is 24.3 Å². The standard InChI is InChI=1S/C11H11NOS/c13-10-6-7-1-2-8(10)5-9(7)11-12-3-4-14-11/h3-5,7-8H,1-2,6H2/t7-,8-/m1/s1. The van der Waals surface area contributed by atoms with Crippen LogP contribution in [0.5, 0.6) is 0 Å². The van der Waals surface area contributed by atoms with Gasteiger partial charge in [0.1, 0.15) is 10.8 Å². The normalized spacial score (nSPS) is 30.6. The van der Waals surface area contributed by atoms with Gasteiger partial charge in [-0.1, -0.05) is 6.08 Å². The van der Waals surface area contributed by atoms with E-state index in [-0.39, 0.29) is 5.92 Å². The van der Waals surface area contributed by atoms with Crippen molar-refractivity contribution < 1.29 is 4.79 Å². The second kappa shape index (κ2) is 3.02. The number of thiazole rings is 1. The highest BCUT2D eigenvalue weighted by molar-refractivity contribution is 7.10. The summed E-state index contributed by atoms with van der Waals surface area (Å²) in [5.74, 6) is 1.08. The number of aromatic nitrogens is 1. The average Bonchev–Trinajstić information content (AvgIpc) is 2.71. The van der Waals surface area contributed by atoms with Crippen LogP contribution in [0, 0.1) is 11.8 Å². The summed E-state index contributed by atoms with van der Waals surface area (Å²) in [6.07, 6.45) is 6.96. The SMILES string of the molecule is O=C1C[C@H]2CC[C@@H]1C=C2c1nccs1. The first-order chi connectivity index (χ1) is 6.84. The van der Waals surface area contributed by atoms with Crippen molar-refractivity contribution >= 4 is 22.7 Å².